The zero-order valence-electron chi connectivity index (χ0n) is 15.6. The molecule has 0 spiro atoms. The van der Waals surface area contributed by atoms with E-state index in [0.717, 1.165) is 11.1 Å². The Labute approximate surface area is 178 Å². The monoisotopic (exact) mass is 421 g/mol. The van der Waals surface area contributed by atoms with Crippen LogP contribution in [0.3, 0.4) is 0 Å². The molecule has 2 amide bonds. The van der Waals surface area contributed by atoms with E-state index < -0.39 is 16.7 Å². The number of piperidine rings is 1. The SMILES string of the molecule is C[C@@]12C(=O)N(c3cc(Cl)cc(Cl)c3)C(=O)[C@@H]1C2(c1ccccc1)c1ccccc1. The van der Waals surface area contributed by atoms with Gasteiger partial charge in [0.2, 0.25) is 11.8 Å². The number of fused-ring (bicyclic) bond motifs is 1. The molecule has 3 aromatic carbocycles. The Morgan fingerprint density at radius 2 is 1.28 bits per heavy atom. The molecule has 2 fully saturated rings. The molecule has 1 aliphatic carbocycles. The van der Waals surface area contributed by atoms with Gasteiger partial charge < -0.3 is 0 Å². The predicted molar refractivity (Wildman–Crippen MR) is 114 cm³/mol. The maximum atomic E-state index is 13.7. The van der Waals surface area contributed by atoms with Gasteiger partial charge in [0.1, 0.15) is 0 Å². The lowest BCUT2D eigenvalue weighted by atomic mass is 9.79. The Morgan fingerprint density at radius 1 is 0.793 bits per heavy atom. The van der Waals surface area contributed by atoms with Crippen molar-refractivity contribution < 1.29 is 9.59 Å². The minimum absolute atomic E-state index is 0.219. The second-order valence-corrected chi connectivity index (χ2v) is 8.65. The highest BCUT2D eigenvalue weighted by molar-refractivity contribution is 6.36. The Balaban J connectivity index is 1.68. The van der Waals surface area contributed by atoms with E-state index in [0.29, 0.717) is 15.7 Å². The third kappa shape index (κ3) is 2.26. The number of halogens is 2. The van der Waals surface area contributed by atoms with Gasteiger partial charge in [-0.3, -0.25) is 9.59 Å². The van der Waals surface area contributed by atoms with Gasteiger partial charge >= 0.3 is 0 Å². The molecule has 0 unspecified atom stereocenters. The van der Waals surface area contributed by atoms with Crippen molar-refractivity contribution >= 4 is 40.7 Å². The van der Waals surface area contributed by atoms with Crippen LogP contribution in [0.4, 0.5) is 5.69 Å². The highest BCUT2D eigenvalue weighted by Gasteiger charge is 2.86. The quantitative estimate of drug-likeness (QED) is 0.524. The number of imide groups is 1. The van der Waals surface area contributed by atoms with E-state index in [9.17, 15) is 9.59 Å². The Hall–Kier alpha value is -2.62. The molecule has 5 rings (SSSR count). The van der Waals surface area contributed by atoms with E-state index >= 15 is 0 Å². The molecule has 2 atom stereocenters. The number of carbonyl (C=O) groups is 2. The summed E-state index contributed by atoms with van der Waals surface area (Å²) in [6.45, 7) is 1.89. The summed E-state index contributed by atoms with van der Waals surface area (Å²) in [5.74, 6) is -0.924. The third-order valence-corrected chi connectivity index (χ3v) is 6.86. The van der Waals surface area contributed by atoms with Crippen LogP contribution in [-0.4, -0.2) is 11.8 Å². The summed E-state index contributed by atoms with van der Waals surface area (Å²) < 4.78 is 0. The van der Waals surface area contributed by atoms with Gasteiger partial charge in [-0.2, -0.15) is 0 Å². The number of nitrogens with zero attached hydrogens (tertiary/aromatic N) is 1. The summed E-state index contributed by atoms with van der Waals surface area (Å²) in [5.41, 5.74) is 0.818. The number of carbonyl (C=O) groups excluding carboxylic acids is 2. The lowest BCUT2D eigenvalue weighted by Gasteiger charge is -2.29. The highest BCUT2D eigenvalue weighted by atomic mass is 35.5. The number of hydrogen-bond donors (Lipinski definition) is 0. The zero-order valence-corrected chi connectivity index (χ0v) is 17.1. The van der Waals surface area contributed by atoms with Crippen molar-refractivity contribution in [2.45, 2.75) is 12.3 Å². The fourth-order valence-corrected chi connectivity index (χ4v) is 5.73. The molecular formula is C24H17Cl2NO2. The van der Waals surface area contributed by atoms with Crippen molar-refractivity contribution in [2.24, 2.45) is 11.3 Å². The lowest BCUT2D eigenvalue weighted by molar-refractivity contribution is -0.125. The molecule has 144 valence electrons. The third-order valence-electron chi connectivity index (χ3n) is 6.42. The Kier molecular flexibility index (Phi) is 3.93. The number of anilines is 1. The minimum atomic E-state index is -0.873. The van der Waals surface area contributed by atoms with Crippen LogP contribution in [0.1, 0.15) is 18.1 Å². The number of amides is 2. The maximum Gasteiger partial charge on any atom is 0.241 e. The van der Waals surface area contributed by atoms with Gasteiger partial charge in [-0.1, -0.05) is 83.9 Å². The molecule has 29 heavy (non-hydrogen) atoms. The van der Waals surface area contributed by atoms with Crippen LogP contribution in [0.25, 0.3) is 0 Å². The van der Waals surface area contributed by atoms with Crippen molar-refractivity contribution in [1.82, 2.24) is 0 Å². The second kappa shape index (κ2) is 6.19. The summed E-state index contributed by atoms with van der Waals surface area (Å²) in [4.78, 5) is 28.5. The van der Waals surface area contributed by atoms with Gasteiger partial charge in [0, 0.05) is 15.5 Å². The summed E-state index contributed by atoms with van der Waals surface area (Å²) in [6, 6.07) is 24.4. The molecule has 2 aliphatic rings. The van der Waals surface area contributed by atoms with Crippen LogP contribution in [0.15, 0.2) is 78.9 Å². The second-order valence-electron chi connectivity index (χ2n) is 7.78. The van der Waals surface area contributed by atoms with E-state index in [1.54, 1.807) is 18.2 Å². The first-order valence-corrected chi connectivity index (χ1v) is 10.1. The smallest absolute Gasteiger partial charge is 0.241 e. The molecule has 5 heteroatoms. The number of rotatable bonds is 3. The summed E-state index contributed by atoms with van der Waals surface area (Å²) in [7, 11) is 0. The van der Waals surface area contributed by atoms with E-state index in [1.165, 1.54) is 4.90 Å². The van der Waals surface area contributed by atoms with Gasteiger partial charge in [-0.05, 0) is 36.2 Å². The first kappa shape index (κ1) is 18.4. The number of hydrogen-bond acceptors (Lipinski definition) is 2. The van der Waals surface area contributed by atoms with Crippen molar-refractivity contribution in [3.63, 3.8) is 0 Å². The van der Waals surface area contributed by atoms with Crippen molar-refractivity contribution in [3.05, 3.63) is 100 Å². The van der Waals surface area contributed by atoms with Crippen LogP contribution in [0, 0.1) is 11.3 Å². The lowest BCUT2D eigenvalue weighted by Crippen LogP contribution is -2.42. The standard InChI is InChI=1S/C24H17Cl2NO2/c1-23-20(21(28)27(22(23)29)19-13-17(25)12-18(26)14-19)24(23,15-8-4-2-5-9-15)16-10-6-3-7-11-16/h2-14,20H,1H3/t20-,23-/m0/s1. The largest absolute Gasteiger partial charge is 0.274 e. The highest BCUT2D eigenvalue weighted by Crippen LogP contribution is 2.76. The molecule has 3 nitrogen and oxygen atoms in total. The predicted octanol–water partition coefficient (Wildman–Crippen LogP) is 5.49. The number of benzene rings is 3. The minimum Gasteiger partial charge on any atom is -0.274 e. The summed E-state index contributed by atoms with van der Waals surface area (Å²) in [6.07, 6.45) is 0. The topological polar surface area (TPSA) is 37.4 Å². The van der Waals surface area contributed by atoms with Crippen LogP contribution in [0.2, 0.25) is 10.0 Å². The average Bonchev–Trinajstić information content (AvgIpc) is 3.23. The van der Waals surface area contributed by atoms with Crippen LogP contribution >= 0.6 is 23.2 Å². The molecule has 0 bridgehead atoms. The fraction of sp³-hybridized carbons (Fsp3) is 0.167. The molecule has 3 aromatic rings. The normalized spacial score (nSPS) is 24.5. The average molecular weight is 422 g/mol. The van der Waals surface area contributed by atoms with Gasteiger partial charge in [-0.25, -0.2) is 4.90 Å². The van der Waals surface area contributed by atoms with E-state index in [4.69, 9.17) is 23.2 Å². The molecule has 0 N–H and O–H groups in total. The molecule has 1 saturated carbocycles. The fourth-order valence-electron chi connectivity index (χ4n) is 5.22. The van der Waals surface area contributed by atoms with Crippen molar-refractivity contribution in [3.8, 4) is 0 Å². The summed E-state index contributed by atoms with van der Waals surface area (Å²) >= 11 is 12.2. The molecule has 1 saturated heterocycles. The first-order valence-electron chi connectivity index (χ1n) is 9.38. The molecule has 0 radical (unpaired) electrons. The first-order chi connectivity index (χ1) is 13.9. The van der Waals surface area contributed by atoms with Gasteiger partial charge in [0.05, 0.1) is 17.0 Å². The van der Waals surface area contributed by atoms with Gasteiger partial charge in [0.15, 0.2) is 0 Å². The Bertz CT molecular complexity index is 1090. The van der Waals surface area contributed by atoms with Gasteiger partial charge in [-0.15, -0.1) is 0 Å². The molecular weight excluding hydrogens is 405 g/mol. The van der Waals surface area contributed by atoms with Gasteiger partial charge in [0.25, 0.3) is 0 Å². The Morgan fingerprint density at radius 3 is 1.69 bits per heavy atom. The summed E-state index contributed by atoms with van der Waals surface area (Å²) in [5, 5.41) is 0.771. The van der Waals surface area contributed by atoms with E-state index in [2.05, 4.69) is 0 Å². The van der Waals surface area contributed by atoms with Crippen LogP contribution < -0.4 is 4.90 Å². The van der Waals surface area contributed by atoms with Crippen LogP contribution in [-0.2, 0) is 15.0 Å². The van der Waals surface area contributed by atoms with Crippen molar-refractivity contribution in [2.75, 3.05) is 4.90 Å². The zero-order chi connectivity index (χ0) is 20.4. The molecule has 1 heterocycles. The maximum absolute atomic E-state index is 13.7. The van der Waals surface area contributed by atoms with Crippen molar-refractivity contribution in [1.29, 1.82) is 0 Å². The molecule has 1 aliphatic heterocycles. The van der Waals surface area contributed by atoms with E-state index in [-0.39, 0.29) is 11.8 Å². The van der Waals surface area contributed by atoms with Crippen LogP contribution in [0.5, 0.6) is 0 Å². The van der Waals surface area contributed by atoms with E-state index in [1.807, 2.05) is 67.6 Å². The molecule has 0 aromatic heterocycles.